The first-order valence-corrected chi connectivity index (χ1v) is 10.6. The summed E-state index contributed by atoms with van der Waals surface area (Å²) in [4.78, 5) is 39.1. The van der Waals surface area contributed by atoms with Gasteiger partial charge < -0.3 is 10.6 Å². The molecule has 0 bridgehead atoms. The van der Waals surface area contributed by atoms with Crippen LogP contribution >= 0.6 is 0 Å². The Labute approximate surface area is 162 Å². The molecular formula is C21H35N3O3. The summed E-state index contributed by atoms with van der Waals surface area (Å²) in [5.74, 6) is 0.564. The number of rotatable bonds is 3. The van der Waals surface area contributed by atoms with Crippen LogP contribution in [0.25, 0.3) is 0 Å². The Balaban J connectivity index is 1.62. The third kappa shape index (κ3) is 4.14. The molecule has 2 unspecified atom stereocenters. The van der Waals surface area contributed by atoms with Crippen molar-refractivity contribution in [3.05, 3.63) is 0 Å². The van der Waals surface area contributed by atoms with Gasteiger partial charge in [-0.3, -0.25) is 14.5 Å². The second-order valence-electron chi connectivity index (χ2n) is 10.0. The van der Waals surface area contributed by atoms with Crippen LogP contribution < -0.4 is 10.6 Å². The fourth-order valence-corrected chi connectivity index (χ4v) is 5.15. The number of amides is 4. The van der Waals surface area contributed by atoms with Gasteiger partial charge in [0.25, 0.3) is 5.91 Å². The number of urea groups is 1. The molecule has 6 nitrogen and oxygen atoms in total. The third-order valence-electron chi connectivity index (χ3n) is 6.90. The zero-order valence-corrected chi connectivity index (χ0v) is 17.3. The van der Waals surface area contributed by atoms with Crippen LogP contribution in [-0.2, 0) is 9.59 Å². The minimum absolute atomic E-state index is 0.122. The SMILES string of the molecule is CC1CCC2(CC1)NC(=O)N(CC(=O)NC1CCCCC1C(C)(C)C)C2=O. The van der Waals surface area contributed by atoms with Crippen molar-refractivity contribution in [1.29, 1.82) is 0 Å². The van der Waals surface area contributed by atoms with E-state index < -0.39 is 11.6 Å². The molecule has 1 spiro atoms. The molecule has 152 valence electrons. The molecule has 2 aliphatic carbocycles. The lowest BCUT2D eigenvalue weighted by Crippen LogP contribution is -2.51. The maximum atomic E-state index is 12.9. The second kappa shape index (κ2) is 7.44. The number of nitrogens with zero attached hydrogens (tertiary/aromatic N) is 1. The lowest BCUT2D eigenvalue weighted by atomic mass is 9.69. The Morgan fingerprint density at radius 2 is 1.78 bits per heavy atom. The van der Waals surface area contributed by atoms with Crippen LogP contribution in [0.2, 0.25) is 0 Å². The van der Waals surface area contributed by atoms with E-state index in [1.54, 1.807) is 0 Å². The summed E-state index contributed by atoms with van der Waals surface area (Å²) in [6, 6.07) is -0.294. The van der Waals surface area contributed by atoms with Gasteiger partial charge in [0, 0.05) is 6.04 Å². The van der Waals surface area contributed by atoms with Gasteiger partial charge >= 0.3 is 6.03 Å². The quantitative estimate of drug-likeness (QED) is 0.741. The van der Waals surface area contributed by atoms with E-state index in [2.05, 4.69) is 38.3 Å². The summed E-state index contributed by atoms with van der Waals surface area (Å²) >= 11 is 0. The Kier molecular flexibility index (Phi) is 5.55. The van der Waals surface area contributed by atoms with E-state index in [9.17, 15) is 14.4 Å². The molecule has 3 fully saturated rings. The van der Waals surface area contributed by atoms with Gasteiger partial charge in [-0.1, -0.05) is 40.5 Å². The topological polar surface area (TPSA) is 78.5 Å². The fraction of sp³-hybridized carbons (Fsp3) is 0.857. The molecule has 0 aromatic heterocycles. The number of carbonyl (C=O) groups is 3. The molecule has 0 aromatic rings. The highest BCUT2D eigenvalue weighted by molar-refractivity contribution is 6.09. The van der Waals surface area contributed by atoms with E-state index in [0.29, 0.717) is 24.7 Å². The van der Waals surface area contributed by atoms with Crippen molar-refractivity contribution >= 4 is 17.8 Å². The molecule has 1 saturated heterocycles. The molecular weight excluding hydrogens is 342 g/mol. The smallest absolute Gasteiger partial charge is 0.325 e. The first-order valence-electron chi connectivity index (χ1n) is 10.6. The number of imide groups is 1. The zero-order valence-electron chi connectivity index (χ0n) is 17.3. The number of nitrogens with one attached hydrogen (secondary N) is 2. The van der Waals surface area contributed by atoms with E-state index in [4.69, 9.17) is 0 Å². The van der Waals surface area contributed by atoms with Crippen LogP contribution in [-0.4, -0.2) is 40.9 Å². The molecule has 4 amide bonds. The van der Waals surface area contributed by atoms with Gasteiger partial charge in [0.05, 0.1) is 0 Å². The van der Waals surface area contributed by atoms with Gasteiger partial charge in [-0.05, 0) is 55.8 Å². The Bertz CT molecular complexity index is 602. The van der Waals surface area contributed by atoms with Crippen LogP contribution in [0.4, 0.5) is 4.79 Å². The van der Waals surface area contributed by atoms with Crippen molar-refractivity contribution in [3.8, 4) is 0 Å². The lowest BCUT2D eigenvalue weighted by molar-refractivity contribution is -0.136. The van der Waals surface area contributed by atoms with Crippen LogP contribution in [0, 0.1) is 17.3 Å². The van der Waals surface area contributed by atoms with Crippen LogP contribution in [0.5, 0.6) is 0 Å². The number of hydrogen-bond donors (Lipinski definition) is 2. The summed E-state index contributed by atoms with van der Waals surface area (Å²) in [5.41, 5.74) is -0.648. The van der Waals surface area contributed by atoms with Crippen molar-refractivity contribution < 1.29 is 14.4 Å². The summed E-state index contributed by atoms with van der Waals surface area (Å²) in [7, 11) is 0. The largest absolute Gasteiger partial charge is 0.352 e. The van der Waals surface area contributed by atoms with Crippen molar-refractivity contribution in [2.24, 2.45) is 17.3 Å². The molecule has 2 N–H and O–H groups in total. The van der Waals surface area contributed by atoms with Crippen LogP contribution in [0.3, 0.4) is 0 Å². The van der Waals surface area contributed by atoms with E-state index in [0.717, 1.165) is 37.0 Å². The summed E-state index contributed by atoms with van der Waals surface area (Å²) in [6.45, 7) is 8.65. The van der Waals surface area contributed by atoms with E-state index >= 15 is 0 Å². The first kappa shape index (κ1) is 20.2. The van der Waals surface area contributed by atoms with Crippen molar-refractivity contribution in [2.75, 3.05) is 6.54 Å². The number of hydrogen-bond acceptors (Lipinski definition) is 3. The molecule has 2 saturated carbocycles. The van der Waals surface area contributed by atoms with Gasteiger partial charge in [0.15, 0.2) is 0 Å². The first-order chi connectivity index (χ1) is 12.6. The monoisotopic (exact) mass is 377 g/mol. The second-order valence-corrected chi connectivity index (χ2v) is 10.0. The molecule has 27 heavy (non-hydrogen) atoms. The minimum Gasteiger partial charge on any atom is -0.352 e. The Hall–Kier alpha value is -1.59. The van der Waals surface area contributed by atoms with E-state index in [1.807, 2.05) is 0 Å². The van der Waals surface area contributed by atoms with Gasteiger partial charge in [0.2, 0.25) is 5.91 Å². The van der Waals surface area contributed by atoms with E-state index in [-0.39, 0.29) is 29.8 Å². The average Bonchev–Trinajstić information content (AvgIpc) is 2.81. The summed E-state index contributed by atoms with van der Waals surface area (Å²) in [6.07, 6.45) is 7.60. The van der Waals surface area contributed by atoms with Gasteiger partial charge in [-0.25, -0.2) is 4.79 Å². The molecule has 3 aliphatic rings. The van der Waals surface area contributed by atoms with Crippen molar-refractivity contribution in [1.82, 2.24) is 15.5 Å². The average molecular weight is 378 g/mol. The van der Waals surface area contributed by atoms with Gasteiger partial charge in [-0.15, -0.1) is 0 Å². The number of carbonyl (C=O) groups excluding carboxylic acids is 3. The zero-order chi connectivity index (χ0) is 19.8. The predicted molar refractivity (Wildman–Crippen MR) is 104 cm³/mol. The molecule has 1 heterocycles. The molecule has 3 rings (SSSR count). The molecule has 2 atom stereocenters. The predicted octanol–water partition coefficient (Wildman–Crippen LogP) is 3.21. The van der Waals surface area contributed by atoms with Crippen molar-refractivity contribution in [3.63, 3.8) is 0 Å². The van der Waals surface area contributed by atoms with E-state index in [1.165, 1.54) is 6.42 Å². The maximum absolute atomic E-state index is 12.9. The summed E-state index contributed by atoms with van der Waals surface area (Å²) in [5, 5.41) is 6.02. The lowest BCUT2D eigenvalue weighted by Gasteiger charge is -2.41. The molecule has 6 heteroatoms. The fourth-order valence-electron chi connectivity index (χ4n) is 5.15. The van der Waals surface area contributed by atoms with Crippen molar-refractivity contribution in [2.45, 2.75) is 90.6 Å². The third-order valence-corrected chi connectivity index (χ3v) is 6.90. The molecule has 1 aliphatic heterocycles. The summed E-state index contributed by atoms with van der Waals surface area (Å²) < 4.78 is 0. The van der Waals surface area contributed by atoms with Gasteiger partial charge in [0.1, 0.15) is 12.1 Å². The van der Waals surface area contributed by atoms with Gasteiger partial charge in [-0.2, -0.15) is 0 Å². The Morgan fingerprint density at radius 3 is 2.41 bits per heavy atom. The highest BCUT2D eigenvalue weighted by atomic mass is 16.2. The standard InChI is InChI=1S/C21H35N3O3/c1-14-9-11-21(12-10-14)18(26)24(19(27)23-21)13-17(25)22-16-8-6-5-7-15(16)20(2,3)4/h14-16H,5-13H2,1-4H3,(H,22,25)(H,23,27). The minimum atomic E-state index is -0.775. The normalized spacial score (nSPS) is 34.7. The Morgan fingerprint density at radius 1 is 1.15 bits per heavy atom. The van der Waals surface area contributed by atoms with Crippen LogP contribution in [0.1, 0.15) is 79.1 Å². The molecule has 0 radical (unpaired) electrons. The van der Waals surface area contributed by atoms with Crippen LogP contribution in [0.15, 0.2) is 0 Å². The maximum Gasteiger partial charge on any atom is 0.325 e. The highest BCUT2D eigenvalue weighted by Gasteiger charge is 2.52. The highest BCUT2D eigenvalue weighted by Crippen LogP contribution is 2.38. The molecule has 0 aromatic carbocycles.